The summed E-state index contributed by atoms with van der Waals surface area (Å²) in [4.78, 5) is 19.3. The second kappa shape index (κ2) is 5.37. The maximum atomic E-state index is 11.9. The number of nitrogens with one attached hydrogen (secondary N) is 1. The smallest absolute Gasteiger partial charge is 0.251 e. The molecular weight excluding hydrogens is 260 g/mol. The molecule has 2 aromatic carbocycles. The van der Waals surface area contributed by atoms with Gasteiger partial charge in [-0.05, 0) is 19.4 Å². The average molecular weight is 276 g/mol. The van der Waals surface area contributed by atoms with Crippen LogP contribution in [0.25, 0.3) is 22.6 Å². The number of nitrogens with zero attached hydrogens (tertiary/aromatic N) is 1. The molecule has 104 valence electrons. The van der Waals surface area contributed by atoms with Crippen LogP contribution in [0.15, 0.2) is 59.4 Å². The third-order valence-electron chi connectivity index (χ3n) is 3.45. The fraction of sp³-hybridized carbons (Fsp3) is 0.111. The van der Waals surface area contributed by atoms with Gasteiger partial charge in [0.1, 0.15) is 5.82 Å². The Bertz CT molecular complexity index is 835. The van der Waals surface area contributed by atoms with Crippen LogP contribution in [0.5, 0.6) is 0 Å². The Labute approximate surface area is 123 Å². The predicted octanol–water partition coefficient (Wildman–Crippen LogP) is 3.72. The second-order valence-electron chi connectivity index (χ2n) is 5.16. The minimum absolute atomic E-state index is 0.140. The lowest BCUT2D eigenvalue weighted by atomic mass is 10.0. The molecule has 0 saturated carbocycles. The molecule has 3 nitrogen and oxygen atoms in total. The van der Waals surface area contributed by atoms with Crippen molar-refractivity contribution in [3.63, 3.8) is 0 Å². The molecule has 1 N–H and O–H groups in total. The van der Waals surface area contributed by atoms with Gasteiger partial charge in [0.25, 0.3) is 5.56 Å². The molecule has 0 aliphatic heterocycles. The Morgan fingerprint density at radius 2 is 1.71 bits per heavy atom. The molecule has 0 bridgehead atoms. The molecule has 0 aliphatic carbocycles. The lowest BCUT2D eigenvalue weighted by Crippen LogP contribution is -2.08. The highest BCUT2D eigenvalue weighted by atomic mass is 16.1. The van der Waals surface area contributed by atoms with Crippen molar-refractivity contribution in [1.82, 2.24) is 9.97 Å². The molecule has 0 radical (unpaired) electrons. The van der Waals surface area contributed by atoms with Gasteiger partial charge in [-0.3, -0.25) is 4.79 Å². The summed E-state index contributed by atoms with van der Waals surface area (Å²) < 4.78 is 0. The quantitative estimate of drug-likeness (QED) is 0.775. The third-order valence-corrected chi connectivity index (χ3v) is 3.45. The molecule has 0 spiro atoms. The van der Waals surface area contributed by atoms with Crippen molar-refractivity contribution in [2.75, 3.05) is 0 Å². The van der Waals surface area contributed by atoms with Crippen molar-refractivity contribution in [1.29, 1.82) is 0 Å². The molecule has 0 aliphatic rings. The van der Waals surface area contributed by atoms with Crippen molar-refractivity contribution in [3.05, 3.63) is 76.1 Å². The molecule has 0 atom stereocenters. The minimum Gasteiger partial charge on any atom is -0.306 e. The summed E-state index contributed by atoms with van der Waals surface area (Å²) >= 11 is 0. The third kappa shape index (κ3) is 2.77. The number of aromatic nitrogens is 2. The second-order valence-corrected chi connectivity index (χ2v) is 5.16. The topological polar surface area (TPSA) is 45.8 Å². The highest BCUT2D eigenvalue weighted by Crippen LogP contribution is 2.23. The van der Waals surface area contributed by atoms with Crippen LogP contribution in [0.4, 0.5) is 0 Å². The van der Waals surface area contributed by atoms with E-state index in [0.29, 0.717) is 11.5 Å². The standard InChI is InChI=1S/C18H16N2O/c1-12-8-9-15(13(2)10-12)16-11-17(21)20-18(19-16)14-6-4-3-5-7-14/h3-11H,1-2H3,(H,19,20,21). The van der Waals surface area contributed by atoms with Crippen molar-refractivity contribution in [3.8, 4) is 22.6 Å². The Hall–Kier alpha value is -2.68. The number of hydrogen-bond donors (Lipinski definition) is 1. The van der Waals surface area contributed by atoms with Crippen molar-refractivity contribution in [2.24, 2.45) is 0 Å². The largest absolute Gasteiger partial charge is 0.306 e. The van der Waals surface area contributed by atoms with Gasteiger partial charge in [0.2, 0.25) is 0 Å². The minimum atomic E-state index is -0.140. The summed E-state index contributed by atoms with van der Waals surface area (Å²) in [6.45, 7) is 4.09. The van der Waals surface area contributed by atoms with E-state index in [2.05, 4.69) is 23.0 Å². The normalized spacial score (nSPS) is 10.6. The van der Waals surface area contributed by atoms with E-state index in [4.69, 9.17) is 0 Å². The Morgan fingerprint density at radius 3 is 2.43 bits per heavy atom. The molecule has 21 heavy (non-hydrogen) atoms. The monoisotopic (exact) mass is 276 g/mol. The number of aromatic amines is 1. The van der Waals surface area contributed by atoms with E-state index < -0.39 is 0 Å². The first-order valence-electron chi connectivity index (χ1n) is 6.88. The van der Waals surface area contributed by atoms with Gasteiger partial charge in [-0.25, -0.2) is 4.98 Å². The van der Waals surface area contributed by atoms with Crippen LogP contribution < -0.4 is 5.56 Å². The first-order chi connectivity index (χ1) is 10.1. The summed E-state index contributed by atoms with van der Waals surface area (Å²) in [6.07, 6.45) is 0. The van der Waals surface area contributed by atoms with E-state index in [-0.39, 0.29) is 5.56 Å². The molecular formula is C18H16N2O. The van der Waals surface area contributed by atoms with Gasteiger partial charge in [0.15, 0.2) is 0 Å². The van der Waals surface area contributed by atoms with Crippen LogP contribution in [0.2, 0.25) is 0 Å². The van der Waals surface area contributed by atoms with E-state index in [9.17, 15) is 4.79 Å². The maximum Gasteiger partial charge on any atom is 0.251 e. The number of hydrogen-bond acceptors (Lipinski definition) is 2. The first-order valence-corrected chi connectivity index (χ1v) is 6.88. The van der Waals surface area contributed by atoms with Crippen LogP contribution in [-0.4, -0.2) is 9.97 Å². The summed E-state index contributed by atoms with van der Waals surface area (Å²) in [6, 6.07) is 17.4. The lowest BCUT2D eigenvalue weighted by molar-refractivity contribution is 1.13. The van der Waals surface area contributed by atoms with Gasteiger partial charge in [0, 0.05) is 17.2 Å². The fourth-order valence-electron chi connectivity index (χ4n) is 2.43. The van der Waals surface area contributed by atoms with Crippen LogP contribution in [-0.2, 0) is 0 Å². The average Bonchev–Trinajstić information content (AvgIpc) is 2.47. The van der Waals surface area contributed by atoms with E-state index in [1.165, 1.54) is 5.56 Å². The molecule has 0 saturated heterocycles. The highest BCUT2D eigenvalue weighted by Gasteiger charge is 2.08. The van der Waals surface area contributed by atoms with Gasteiger partial charge >= 0.3 is 0 Å². The van der Waals surface area contributed by atoms with Crippen molar-refractivity contribution in [2.45, 2.75) is 13.8 Å². The number of benzene rings is 2. The zero-order chi connectivity index (χ0) is 14.8. The molecule has 3 aromatic rings. The zero-order valence-corrected chi connectivity index (χ0v) is 12.1. The lowest BCUT2D eigenvalue weighted by Gasteiger charge is -2.08. The predicted molar refractivity (Wildman–Crippen MR) is 85.2 cm³/mol. The van der Waals surface area contributed by atoms with Gasteiger partial charge in [0.05, 0.1) is 5.69 Å². The highest BCUT2D eigenvalue weighted by molar-refractivity contribution is 5.66. The van der Waals surface area contributed by atoms with Gasteiger partial charge in [-0.1, -0.05) is 54.1 Å². The van der Waals surface area contributed by atoms with E-state index in [0.717, 1.165) is 16.7 Å². The van der Waals surface area contributed by atoms with Gasteiger partial charge in [-0.15, -0.1) is 0 Å². The first kappa shape index (κ1) is 13.3. The SMILES string of the molecule is Cc1ccc(-c2cc(=O)[nH]c(-c3ccccc3)n2)c(C)c1. The van der Waals surface area contributed by atoms with Crippen molar-refractivity contribution < 1.29 is 0 Å². The number of rotatable bonds is 2. The summed E-state index contributed by atoms with van der Waals surface area (Å²) in [7, 11) is 0. The molecule has 1 heterocycles. The number of H-pyrrole nitrogens is 1. The Kier molecular flexibility index (Phi) is 3.40. The summed E-state index contributed by atoms with van der Waals surface area (Å²) in [5, 5.41) is 0. The Balaban J connectivity index is 2.16. The molecule has 3 heteroatoms. The van der Waals surface area contributed by atoms with E-state index in [1.807, 2.05) is 49.4 Å². The summed E-state index contributed by atoms with van der Waals surface area (Å²) in [5.74, 6) is 0.595. The Morgan fingerprint density at radius 1 is 0.952 bits per heavy atom. The van der Waals surface area contributed by atoms with Crippen LogP contribution >= 0.6 is 0 Å². The summed E-state index contributed by atoms with van der Waals surface area (Å²) in [5.41, 5.74) is 4.77. The molecule has 0 unspecified atom stereocenters. The van der Waals surface area contributed by atoms with Crippen LogP contribution in [0, 0.1) is 13.8 Å². The van der Waals surface area contributed by atoms with Gasteiger partial charge < -0.3 is 4.98 Å². The van der Waals surface area contributed by atoms with Gasteiger partial charge in [-0.2, -0.15) is 0 Å². The zero-order valence-electron chi connectivity index (χ0n) is 12.1. The molecule has 0 amide bonds. The van der Waals surface area contributed by atoms with Crippen LogP contribution in [0.1, 0.15) is 11.1 Å². The molecule has 1 aromatic heterocycles. The van der Waals surface area contributed by atoms with Crippen molar-refractivity contribution >= 4 is 0 Å². The molecule has 0 fully saturated rings. The maximum absolute atomic E-state index is 11.9. The fourth-order valence-corrected chi connectivity index (χ4v) is 2.43. The molecule has 3 rings (SSSR count). The number of aryl methyl sites for hydroxylation is 2. The van der Waals surface area contributed by atoms with E-state index in [1.54, 1.807) is 6.07 Å². The van der Waals surface area contributed by atoms with E-state index >= 15 is 0 Å². The van der Waals surface area contributed by atoms with Crippen LogP contribution in [0.3, 0.4) is 0 Å².